The van der Waals surface area contributed by atoms with Crippen LogP contribution < -0.4 is 14.8 Å². The highest BCUT2D eigenvalue weighted by Gasteiger charge is 2.11. The van der Waals surface area contributed by atoms with Gasteiger partial charge < -0.3 is 14.8 Å². The second-order valence-corrected chi connectivity index (χ2v) is 7.92. The molecule has 4 rings (SSSR count). The highest BCUT2D eigenvalue weighted by atomic mass is 32.1. The van der Waals surface area contributed by atoms with E-state index in [1.165, 1.54) is 0 Å². The molecule has 0 aliphatic rings. The smallest absolute Gasteiger partial charge is 0.222 e. The van der Waals surface area contributed by atoms with E-state index in [1.807, 2.05) is 66.1 Å². The van der Waals surface area contributed by atoms with Crippen LogP contribution in [0.2, 0.25) is 0 Å². The zero-order chi connectivity index (χ0) is 23.2. The number of hydrogen-bond acceptors (Lipinski definition) is 5. The summed E-state index contributed by atoms with van der Waals surface area (Å²) in [6, 6.07) is 19.7. The normalized spacial score (nSPS) is 10.8. The highest BCUT2D eigenvalue weighted by Crippen LogP contribution is 2.23. The molecule has 1 amide bonds. The van der Waals surface area contributed by atoms with Gasteiger partial charge in [-0.15, -0.1) is 0 Å². The van der Waals surface area contributed by atoms with Crippen molar-refractivity contribution in [3.8, 4) is 22.9 Å². The van der Waals surface area contributed by atoms with Gasteiger partial charge in [-0.1, -0.05) is 18.2 Å². The predicted octanol–water partition coefficient (Wildman–Crippen LogP) is 4.87. The number of rotatable bonds is 9. The van der Waals surface area contributed by atoms with E-state index in [0.29, 0.717) is 36.7 Å². The summed E-state index contributed by atoms with van der Waals surface area (Å²) in [6.07, 6.45) is 0.294. The Morgan fingerprint density at radius 2 is 1.79 bits per heavy atom. The number of fused-ring (bicyclic) bond motifs is 1. The van der Waals surface area contributed by atoms with Crippen LogP contribution in [0.15, 0.2) is 60.7 Å². The quantitative estimate of drug-likeness (QED) is 0.347. The second kappa shape index (κ2) is 10.3. The van der Waals surface area contributed by atoms with Gasteiger partial charge in [0.1, 0.15) is 11.5 Å². The lowest BCUT2D eigenvalue weighted by molar-refractivity contribution is -0.121. The third-order valence-electron chi connectivity index (χ3n) is 5.35. The number of aromatic amines is 1. The first-order chi connectivity index (χ1) is 16.1. The molecule has 0 unspecified atom stereocenters. The van der Waals surface area contributed by atoms with Crippen LogP contribution in [0.25, 0.3) is 22.2 Å². The lowest BCUT2D eigenvalue weighted by Gasteiger charge is -2.10. The number of methoxy groups -OCH3 is 1. The van der Waals surface area contributed by atoms with E-state index < -0.39 is 0 Å². The number of H-pyrrole nitrogens is 1. The largest absolute Gasteiger partial charge is 0.497 e. The molecule has 170 valence electrons. The van der Waals surface area contributed by atoms with Crippen LogP contribution in [0.1, 0.15) is 18.9 Å². The topological polar surface area (TPSA) is 81.2 Å². The van der Waals surface area contributed by atoms with Gasteiger partial charge in [-0.25, -0.2) is 0 Å². The molecule has 0 radical (unpaired) electrons. The Kier molecular flexibility index (Phi) is 7.04. The summed E-state index contributed by atoms with van der Waals surface area (Å²) in [7, 11) is 1.66. The molecule has 0 aliphatic heterocycles. The fraction of sp³-hybridized carbons (Fsp3) is 0.240. The molecule has 0 saturated carbocycles. The molecule has 4 aromatic rings. The van der Waals surface area contributed by atoms with Gasteiger partial charge in [0, 0.05) is 25.1 Å². The van der Waals surface area contributed by atoms with Crippen LogP contribution in [0.3, 0.4) is 0 Å². The van der Waals surface area contributed by atoms with E-state index in [-0.39, 0.29) is 5.91 Å². The van der Waals surface area contributed by atoms with Crippen LogP contribution in [-0.4, -0.2) is 34.4 Å². The van der Waals surface area contributed by atoms with Gasteiger partial charge in [0.15, 0.2) is 10.6 Å². The molecule has 7 nitrogen and oxygen atoms in total. The maximum Gasteiger partial charge on any atom is 0.222 e. The van der Waals surface area contributed by atoms with Gasteiger partial charge >= 0.3 is 0 Å². The molecule has 2 N–H and O–H groups in total. The summed E-state index contributed by atoms with van der Waals surface area (Å²) in [5.41, 5.74) is 1.94. The van der Waals surface area contributed by atoms with Gasteiger partial charge in [-0.3, -0.25) is 14.5 Å². The van der Waals surface area contributed by atoms with Crippen LogP contribution in [0.4, 0.5) is 0 Å². The molecule has 1 heterocycles. The monoisotopic (exact) mass is 462 g/mol. The Balaban J connectivity index is 1.37. The van der Waals surface area contributed by atoms with Gasteiger partial charge in [0.2, 0.25) is 5.91 Å². The average molecular weight is 463 g/mol. The van der Waals surface area contributed by atoms with Crippen molar-refractivity contribution in [2.24, 2.45) is 0 Å². The van der Waals surface area contributed by atoms with E-state index in [9.17, 15) is 4.79 Å². The van der Waals surface area contributed by atoms with Gasteiger partial charge in [0.25, 0.3) is 0 Å². The lowest BCUT2D eigenvalue weighted by Crippen LogP contribution is -2.24. The number of ether oxygens (including phenoxy) is 2. The Labute approximate surface area is 197 Å². The van der Waals surface area contributed by atoms with Gasteiger partial charge in [-0.05, 0) is 77.9 Å². The van der Waals surface area contributed by atoms with Crippen molar-refractivity contribution < 1.29 is 14.3 Å². The molecule has 0 aliphatic carbocycles. The van der Waals surface area contributed by atoms with E-state index >= 15 is 0 Å². The Hall–Kier alpha value is -3.65. The minimum Gasteiger partial charge on any atom is -0.497 e. The Bertz CT molecular complexity index is 1310. The van der Waals surface area contributed by atoms with Crippen molar-refractivity contribution in [2.45, 2.75) is 26.4 Å². The molecule has 33 heavy (non-hydrogen) atoms. The van der Waals surface area contributed by atoms with Crippen molar-refractivity contribution in [2.75, 3.05) is 13.7 Å². The number of nitrogens with zero attached hydrogens (tertiary/aromatic N) is 2. The summed E-state index contributed by atoms with van der Waals surface area (Å²) in [5, 5.41) is 12.4. The molecule has 0 saturated heterocycles. The van der Waals surface area contributed by atoms with Crippen LogP contribution >= 0.6 is 12.2 Å². The first-order valence-corrected chi connectivity index (χ1v) is 11.2. The third-order valence-corrected chi connectivity index (χ3v) is 5.66. The summed E-state index contributed by atoms with van der Waals surface area (Å²) in [4.78, 5) is 12.5. The molecule has 0 fully saturated rings. The van der Waals surface area contributed by atoms with E-state index in [0.717, 1.165) is 33.4 Å². The summed E-state index contributed by atoms with van der Waals surface area (Å²) >= 11 is 5.38. The zero-order valence-corrected chi connectivity index (χ0v) is 19.4. The SMILES string of the molecule is CCOc1ccc(-c2n[nH]c(=S)n2CCC(=O)NCc2ccc3cc(OC)ccc3c2)cc1. The number of amides is 1. The summed E-state index contributed by atoms with van der Waals surface area (Å²) in [6.45, 7) is 3.45. The Morgan fingerprint density at radius 1 is 1.06 bits per heavy atom. The third kappa shape index (κ3) is 5.40. The van der Waals surface area contributed by atoms with E-state index in [4.69, 9.17) is 21.7 Å². The number of benzene rings is 3. The van der Waals surface area contributed by atoms with Gasteiger partial charge in [-0.2, -0.15) is 5.10 Å². The fourth-order valence-corrected chi connectivity index (χ4v) is 3.85. The second-order valence-electron chi connectivity index (χ2n) is 7.54. The van der Waals surface area contributed by atoms with Crippen LogP contribution in [0.5, 0.6) is 11.5 Å². The standard InChI is InChI=1S/C25H26N4O3S/c1-3-32-21-9-6-18(7-10-21)24-27-28-25(33)29(24)13-12-23(30)26-16-17-4-5-20-15-22(31-2)11-8-19(20)14-17/h4-11,14-15H,3,12-13,16H2,1-2H3,(H,26,30)(H,28,33). The molecule has 0 spiro atoms. The van der Waals surface area contributed by atoms with Crippen LogP contribution in [-0.2, 0) is 17.9 Å². The van der Waals surface area contributed by atoms with E-state index in [1.54, 1.807) is 7.11 Å². The number of aromatic nitrogens is 3. The minimum atomic E-state index is -0.0504. The molecule has 3 aromatic carbocycles. The lowest BCUT2D eigenvalue weighted by atomic mass is 10.1. The van der Waals surface area contributed by atoms with Crippen molar-refractivity contribution in [1.29, 1.82) is 0 Å². The van der Waals surface area contributed by atoms with E-state index in [2.05, 4.69) is 21.6 Å². The fourth-order valence-electron chi connectivity index (χ4n) is 3.63. The van der Waals surface area contributed by atoms with Crippen molar-refractivity contribution in [1.82, 2.24) is 20.1 Å². The average Bonchev–Trinajstić information content (AvgIpc) is 3.21. The van der Waals surface area contributed by atoms with Crippen molar-refractivity contribution in [3.05, 3.63) is 71.0 Å². The zero-order valence-electron chi connectivity index (χ0n) is 18.6. The molecular formula is C25H26N4O3S. The Morgan fingerprint density at radius 3 is 2.55 bits per heavy atom. The first kappa shape index (κ1) is 22.5. The number of carbonyl (C=O) groups is 1. The highest BCUT2D eigenvalue weighted by molar-refractivity contribution is 7.71. The number of nitrogens with one attached hydrogen (secondary N) is 2. The summed E-state index contributed by atoms with van der Waals surface area (Å²) < 4.78 is 13.1. The molecular weight excluding hydrogens is 436 g/mol. The number of hydrogen-bond donors (Lipinski definition) is 2. The molecule has 1 aromatic heterocycles. The number of carbonyl (C=O) groups excluding carboxylic acids is 1. The minimum absolute atomic E-state index is 0.0504. The predicted molar refractivity (Wildman–Crippen MR) is 131 cm³/mol. The maximum absolute atomic E-state index is 12.5. The van der Waals surface area contributed by atoms with Crippen LogP contribution in [0, 0.1) is 4.77 Å². The maximum atomic E-state index is 12.5. The van der Waals surface area contributed by atoms with Crippen molar-refractivity contribution >= 4 is 28.9 Å². The molecule has 8 heteroatoms. The molecule has 0 bridgehead atoms. The first-order valence-electron chi connectivity index (χ1n) is 10.8. The van der Waals surface area contributed by atoms with Gasteiger partial charge in [0.05, 0.1) is 13.7 Å². The van der Waals surface area contributed by atoms with Crippen molar-refractivity contribution in [3.63, 3.8) is 0 Å². The summed E-state index contributed by atoms with van der Waals surface area (Å²) in [5.74, 6) is 2.27. The molecule has 0 atom stereocenters.